The van der Waals surface area contributed by atoms with E-state index in [-0.39, 0.29) is 6.10 Å². The van der Waals surface area contributed by atoms with E-state index in [0.29, 0.717) is 19.4 Å². The highest BCUT2D eigenvalue weighted by Crippen LogP contribution is 2.37. The molecule has 0 spiro atoms. The molecule has 1 fully saturated rings. The van der Waals surface area contributed by atoms with Gasteiger partial charge in [-0.15, -0.1) is 0 Å². The van der Waals surface area contributed by atoms with Gasteiger partial charge in [0.25, 0.3) is 0 Å². The number of sulfone groups is 1. The molecule has 5 heteroatoms. The lowest BCUT2D eigenvalue weighted by molar-refractivity contribution is 0.126. The smallest absolute Gasteiger partial charge is 0.160 e. The van der Waals surface area contributed by atoms with E-state index in [0.717, 1.165) is 11.1 Å². The molecule has 0 saturated carbocycles. The van der Waals surface area contributed by atoms with Gasteiger partial charge in [0.1, 0.15) is 0 Å². The first kappa shape index (κ1) is 13.1. The molecule has 0 aromatic heterocycles. The summed E-state index contributed by atoms with van der Waals surface area (Å²) in [5, 5.41) is -0.906. The molecule has 4 unspecified atom stereocenters. The Labute approximate surface area is 113 Å². The number of fused-ring (bicyclic) bond motifs is 1. The Bertz CT molecular complexity index is 584. The molecule has 2 aliphatic rings. The second kappa shape index (κ2) is 4.58. The van der Waals surface area contributed by atoms with E-state index >= 15 is 0 Å². The van der Waals surface area contributed by atoms with Crippen molar-refractivity contribution in [3.05, 3.63) is 35.4 Å². The molecule has 2 N–H and O–H groups in total. The highest BCUT2D eigenvalue weighted by molar-refractivity contribution is 7.92. The van der Waals surface area contributed by atoms with Crippen LogP contribution in [-0.4, -0.2) is 31.6 Å². The third-order valence-corrected chi connectivity index (χ3v) is 7.15. The quantitative estimate of drug-likeness (QED) is 0.884. The van der Waals surface area contributed by atoms with Gasteiger partial charge in [-0.25, -0.2) is 8.42 Å². The van der Waals surface area contributed by atoms with E-state index in [2.05, 4.69) is 0 Å². The van der Waals surface area contributed by atoms with Crippen LogP contribution in [0.15, 0.2) is 24.3 Å². The maximum absolute atomic E-state index is 12.8. The van der Waals surface area contributed by atoms with Crippen molar-refractivity contribution < 1.29 is 13.2 Å². The molecular formula is C14H19NO3S. The van der Waals surface area contributed by atoms with Gasteiger partial charge in [-0.3, -0.25) is 0 Å². The minimum absolute atomic E-state index is 0.221. The van der Waals surface area contributed by atoms with E-state index in [1.54, 1.807) is 0 Å². The fourth-order valence-corrected chi connectivity index (χ4v) is 5.73. The fourth-order valence-electron chi connectivity index (χ4n) is 3.28. The van der Waals surface area contributed by atoms with Crippen LogP contribution >= 0.6 is 0 Å². The van der Waals surface area contributed by atoms with Crippen LogP contribution < -0.4 is 5.73 Å². The van der Waals surface area contributed by atoms with Crippen molar-refractivity contribution in [3.63, 3.8) is 0 Å². The first-order valence-corrected chi connectivity index (χ1v) is 8.30. The standard InChI is InChI=1S/C14H19NO3S/c1-9-12(6-7-18-9)19(16,17)13-8-10-4-2-3-5-11(10)14(13)15/h2-5,9,12-14H,6-8,15H2,1H3. The molecule has 4 nitrogen and oxygen atoms in total. The molecule has 19 heavy (non-hydrogen) atoms. The number of nitrogens with two attached hydrogens (primary N) is 1. The normalized spacial score (nSPS) is 34.4. The van der Waals surface area contributed by atoms with Gasteiger partial charge >= 0.3 is 0 Å². The van der Waals surface area contributed by atoms with E-state index in [1.165, 1.54) is 0 Å². The van der Waals surface area contributed by atoms with Crippen molar-refractivity contribution in [2.24, 2.45) is 5.73 Å². The lowest BCUT2D eigenvalue weighted by atomic mass is 10.1. The predicted octanol–water partition coefficient (Wildman–Crippen LogP) is 1.20. The molecule has 1 heterocycles. The van der Waals surface area contributed by atoms with Crippen LogP contribution in [0.1, 0.15) is 30.5 Å². The Morgan fingerprint density at radius 2 is 2.00 bits per heavy atom. The number of ether oxygens (including phenoxy) is 1. The zero-order chi connectivity index (χ0) is 13.6. The van der Waals surface area contributed by atoms with Crippen molar-refractivity contribution in [1.29, 1.82) is 0 Å². The van der Waals surface area contributed by atoms with Crippen molar-refractivity contribution in [1.82, 2.24) is 0 Å². The number of rotatable bonds is 2. The number of benzene rings is 1. The summed E-state index contributed by atoms with van der Waals surface area (Å²) in [4.78, 5) is 0. The third kappa shape index (κ3) is 2.00. The molecule has 1 aliphatic heterocycles. The number of hydrogen-bond acceptors (Lipinski definition) is 4. The summed E-state index contributed by atoms with van der Waals surface area (Å²) < 4.78 is 30.9. The van der Waals surface area contributed by atoms with Gasteiger partial charge in [0, 0.05) is 12.6 Å². The van der Waals surface area contributed by atoms with Crippen molar-refractivity contribution in [2.75, 3.05) is 6.61 Å². The Hall–Kier alpha value is -0.910. The summed E-state index contributed by atoms with van der Waals surface area (Å²) in [6.45, 7) is 2.36. The summed E-state index contributed by atoms with van der Waals surface area (Å²) in [5.74, 6) is 0. The zero-order valence-corrected chi connectivity index (χ0v) is 11.8. The van der Waals surface area contributed by atoms with E-state index in [4.69, 9.17) is 10.5 Å². The minimum atomic E-state index is -3.25. The van der Waals surface area contributed by atoms with Crippen LogP contribution in [0.2, 0.25) is 0 Å². The van der Waals surface area contributed by atoms with Gasteiger partial charge in [-0.1, -0.05) is 24.3 Å². The molecule has 1 aromatic rings. The Morgan fingerprint density at radius 3 is 2.63 bits per heavy atom. The lowest BCUT2D eigenvalue weighted by Gasteiger charge is -2.23. The van der Waals surface area contributed by atoms with Crippen LogP contribution in [0.25, 0.3) is 0 Å². The van der Waals surface area contributed by atoms with E-state index in [1.807, 2.05) is 31.2 Å². The highest BCUT2D eigenvalue weighted by Gasteiger charge is 2.46. The predicted molar refractivity (Wildman–Crippen MR) is 73.6 cm³/mol. The largest absolute Gasteiger partial charge is 0.377 e. The van der Waals surface area contributed by atoms with Gasteiger partial charge in [-0.2, -0.15) is 0 Å². The van der Waals surface area contributed by atoms with Crippen LogP contribution in [-0.2, 0) is 21.0 Å². The Balaban J connectivity index is 1.92. The summed E-state index contributed by atoms with van der Waals surface area (Å²) >= 11 is 0. The van der Waals surface area contributed by atoms with Gasteiger partial charge in [0.05, 0.1) is 16.6 Å². The lowest BCUT2D eigenvalue weighted by Crippen LogP contribution is -2.40. The first-order chi connectivity index (χ1) is 9.01. The monoisotopic (exact) mass is 281 g/mol. The molecule has 3 rings (SSSR count). The van der Waals surface area contributed by atoms with Gasteiger partial charge < -0.3 is 10.5 Å². The number of hydrogen-bond donors (Lipinski definition) is 1. The summed E-state index contributed by atoms with van der Waals surface area (Å²) in [5.41, 5.74) is 8.21. The molecule has 1 aliphatic carbocycles. The Kier molecular flexibility index (Phi) is 3.15. The van der Waals surface area contributed by atoms with Gasteiger partial charge in [0.15, 0.2) is 9.84 Å². The third-order valence-electron chi connectivity index (χ3n) is 4.39. The van der Waals surface area contributed by atoms with E-state index < -0.39 is 26.4 Å². The van der Waals surface area contributed by atoms with Crippen molar-refractivity contribution in [3.8, 4) is 0 Å². The van der Waals surface area contributed by atoms with Crippen LogP contribution in [0.5, 0.6) is 0 Å². The molecule has 0 bridgehead atoms. The SMILES string of the molecule is CC1OCCC1S(=O)(=O)C1Cc2ccccc2C1N. The molecule has 1 saturated heterocycles. The molecule has 0 radical (unpaired) electrons. The highest BCUT2D eigenvalue weighted by atomic mass is 32.2. The second-order valence-corrected chi connectivity index (χ2v) is 7.85. The van der Waals surface area contributed by atoms with Crippen molar-refractivity contribution >= 4 is 9.84 Å². The van der Waals surface area contributed by atoms with Crippen LogP contribution in [0, 0.1) is 0 Å². The molecule has 0 amide bonds. The fraction of sp³-hybridized carbons (Fsp3) is 0.571. The average molecular weight is 281 g/mol. The Morgan fingerprint density at radius 1 is 1.26 bits per heavy atom. The summed E-state index contributed by atoms with van der Waals surface area (Å²) in [6, 6.07) is 7.34. The van der Waals surface area contributed by atoms with Gasteiger partial charge in [0.2, 0.25) is 0 Å². The zero-order valence-electron chi connectivity index (χ0n) is 11.0. The molecule has 1 aromatic carbocycles. The van der Waals surface area contributed by atoms with Crippen molar-refractivity contribution in [2.45, 2.75) is 42.4 Å². The maximum atomic E-state index is 12.8. The minimum Gasteiger partial charge on any atom is -0.377 e. The second-order valence-electron chi connectivity index (χ2n) is 5.46. The van der Waals surface area contributed by atoms with Crippen LogP contribution in [0.4, 0.5) is 0 Å². The average Bonchev–Trinajstić information content (AvgIpc) is 2.95. The topological polar surface area (TPSA) is 69.4 Å². The van der Waals surface area contributed by atoms with Crippen LogP contribution in [0.3, 0.4) is 0 Å². The molecule has 4 atom stereocenters. The molecule has 104 valence electrons. The first-order valence-electron chi connectivity index (χ1n) is 6.69. The van der Waals surface area contributed by atoms with E-state index in [9.17, 15) is 8.42 Å². The summed E-state index contributed by atoms with van der Waals surface area (Å²) in [6.07, 6.45) is 0.896. The molecular weight excluding hydrogens is 262 g/mol. The maximum Gasteiger partial charge on any atom is 0.160 e. The van der Waals surface area contributed by atoms with Gasteiger partial charge in [-0.05, 0) is 30.9 Å². The summed E-state index contributed by atoms with van der Waals surface area (Å²) in [7, 11) is -3.25.